The topological polar surface area (TPSA) is 89.6 Å². The Bertz CT molecular complexity index is 231. The van der Waals surface area contributed by atoms with Gasteiger partial charge in [-0.05, 0) is 25.4 Å². The van der Waals surface area contributed by atoms with Crippen LogP contribution in [0.3, 0.4) is 0 Å². The molecular weight excluding hydrogens is 230 g/mol. The van der Waals surface area contributed by atoms with Crippen LogP contribution in [0.25, 0.3) is 0 Å². The van der Waals surface area contributed by atoms with Crippen molar-refractivity contribution in [1.29, 1.82) is 0 Å². The van der Waals surface area contributed by atoms with E-state index in [0.717, 1.165) is 5.75 Å². The van der Waals surface area contributed by atoms with E-state index in [1.54, 1.807) is 11.8 Å². The average Bonchev–Trinajstić information content (AvgIpc) is 2.25. The summed E-state index contributed by atoms with van der Waals surface area (Å²) in [5.74, 6) is -0.361. The third-order valence-electron chi connectivity index (χ3n) is 1.50. The lowest BCUT2D eigenvalue weighted by Gasteiger charge is -2.06. The summed E-state index contributed by atoms with van der Waals surface area (Å²) in [6, 6.07) is -0.447. The Morgan fingerprint density at radius 2 is 2.00 bits per heavy atom. The van der Waals surface area contributed by atoms with Crippen molar-refractivity contribution in [3.8, 4) is 0 Å². The molecule has 0 bridgehead atoms. The maximum Gasteiger partial charge on any atom is 0.330 e. The van der Waals surface area contributed by atoms with Gasteiger partial charge in [0.1, 0.15) is 6.04 Å². The standard InChI is InChI=1S/C6H13NO2S.C4H6O2/c1-9-6(8)5(7)3-4-10-2;1-3(2)4(5)6/h5H,3-4,7H2,1-2H3;1H2,2H3,(H,5,6). The molecule has 0 rings (SSSR count). The third kappa shape index (κ3) is 11.1. The van der Waals surface area contributed by atoms with Crippen molar-refractivity contribution in [2.24, 2.45) is 5.73 Å². The van der Waals surface area contributed by atoms with Gasteiger partial charge in [0, 0.05) is 5.57 Å². The Hall–Kier alpha value is -1.01. The van der Waals surface area contributed by atoms with Crippen LogP contribution in [-0.2, 0) is 14.3 Å². The zero-order valence-corrected chi connectivity index (χ0v) is 10.7. The van der Waals surface area contributed by atoms with E-state index in [9.17, 15) is 9.59 Å². The van der Waals surface area contributed by atoms with Crippen molar-refractivity contribution in [2.75, 3.05) is 19.1 Å². The van der Waals surface area contributed by atoms with Gasteiger partial charge in [0.05, 0.1) is 7.11 Å². The third-order valence-corrected chi connectivity index (χ3v) is 2.15. The van der Waals surface area contributed by atoms with E-state index in [4.69, 9.17) is 10.8 Å². The summed E-state index contributed by atoms with van der Waals surface area (Å²) < 4.78 is 4.44. The van der Waals surface area contributed by atoms with Gasteiger partial charge >= 0.3 is 11.9 Å². The second-order valence-corrected chi connectivity index (χ2v) is 3.98. The second-order valence-electron chi connectivity index (χ2n) is 3.00. The van der Waals surface area contributed by atoms with E-state index in [1.807, 2.05) is 6.26 Å². The number of ether oxygens (including phenoxy) is 1. The molecule has 1 unspecified atom stereocenters. The molecule has 0 aliphatic carbocycles. The fraction of sp³-hybridized carbons (Fsp3) is 0.600. The van der Waals surface area contributed by atoms with E-state index in [-0.39, 0.29) is 11.5 Å². The summed E-state index contributed by atoms with van der Waals surface area (Å²) in [6.07, 6.45) is 2.66. The number of hydrogen-bond acceptors (Lipinski definition) is 5. The average molecular weight is 249 g/mol. The first-order chi connectivity index (χ1) is 7.36. The summed E-state index contributed by atoms with van der Waals surface area (Å²) in [5.41, 5.74) is 5.60. The van der Waals surface area contributed by atoms with Crippen LogP contribution in [0.1, 0.15) is 13.3 Å². The number of thioether (sulfide) groups is 1. The van der Waals surface area contributed by atoms with E-state index >= 15 is 0 Å². The first-order valence-electron chi connectivity index (χ1n) is 4.57. The van der Waals surface area contributed by atoms with Crippen molar-refractivity contribution < 1.29 is 19.4 Å². The Labute approximate surface area is 100 Å². The number of carboxylic acids is 1. The van der Waals surface area contributed by atoms with Crippen LogP contribution < -0.4 is 5.73 Å². The van der Waals surface area contributed by atoms with Gasteiger partial charge in [0.2, 0.25) is 0 Å². The molecule has 0 heterocycles. The zero-order valence-electron chi connectivity index (χ0n) is 9.86. The number of aliphatic carboxylic acids is 1. The number of carboxylic acid groups (broad SMARTS) is 1. The number of methoxy groups -OCH3 is 1. The molecular formula is C10H19NO4S. The predicted octanol–water partition coefficient (Wildman–Crippen LogP) is 0.887. The molecule has 0 saturated carbocycles. The van der Waals surface area contributed by atoms with Crippen LogP contribution in [0.2, 0.25) is 0 Å². The molecule has 0 aromatic rings. The Kier molecular flexibility index (Phi) is 11.4. The van der Waals surface area contributed by atoms with Crippen molar-refractivity contribution in [1.82, 2.24) is 0 Å². The normalized spacial score (nSPS) is 10.8. The Morgan fingerprint density at radius 3 is 2.25 bits per heavy atom. The molecule has 16 heavy (non-hydrogen) atoms. The van der Waals surface area contributed by atoms with Gasteiger partial charge in [-0.3, -0.25) is 4.79 Å². The van der Waals surface area contributed by atoms with Crippen molar-refractivity contribution in [3.05, 3.63) is 12.2 Å². The van der Waals surface area contributed by atoms with Gasteiger partial charge in [-0.2, -0.15) is 11.8 Å². The molecule has 94 valence electrons. The lowest BCUT2D eigenvalue weighted by molar-refractivity contribution is -0.142. The monoisotopic (exact) mass is 249 g/mol. The van der Waals surface area contributed by atoms with Crippen LogP contribution >= 0.6 is 11.8 Å². The second kappa shape index (κ2) is 10.5. The number of esters is 1. The summed E-state index contributed by atoms with van der Waals surface area (Å²) >= 11 is 1.67. The molecule has 0 spiro atoms. The maximum atomic E-state index is 10.7. The lowest BCUT2D eigenvalue weighted by Crippen LogP contribution is -2.31. The molecule has 5 nitrogen and oxygen atoms in total. The highest BCUT2D eigenvalue weighted by atomic mass is 32.2. The first kappa shape index (κ1) is 17.4. The molecule has 0 radical (unpaired) electrons. The summed E-state index contributed by atoms with van der Waals surface area (Å²) in [7, 11) is 1.35. The van der Waals surface area contributed by atoms with Crippen LogP contribution in [0.4, 0.5) is 0 Å². The number of rotatable bonds is 5. The summed E-state index contributed by atoms with van der Waals surface area (Å²) in [6.45, 7) is 4.60. The smallest absolute Gasteiger partial charge is 0.330 e. The number of carbonyl (C=O) groups excluding carboxylic acids is 1. The minimum absolute atomic E-state index is 0.176. The quantitative estimate of drug-likeness (QED) is 0.555. The highest BCUT2D eigenvalue weighted by Crippen LogP contribution is 1.99. The fourth-order valence-electron chi connectivity index (χ4n) is 0.514. The number of hydrogen-bond donors (Lipinski definition) is 2. The van der Waals surface area contributed by atoms with Crippen LogP contribution in [0.5, 0.6) is 0 Å². The van der Waals surface area contributed by atoms with Gasteiger partial charge in [-0.25, -0.2) is 4.79 Å². The Morgan fingerprint density at radius 1 is 1.56 bits per heavy atom. The van der Waals surface area contributed by atoms with Gasteiger partial charge in [-0.1, -0.05) is 6.58 Å². The number of carbonyl (C=O) groups is 2. The molecule has 0 aromatic carbocycles. The van der Waals surface area contributed by atoms with Gasteiger partial charge in [-0.15, -0.1) is 0 Å². The molecule has 0 amide bonds. The molecule has 1 atom stereocenters. The Balaban J connectivity index is 0. The molecule has 0 fully saturated rings. The van der Waals surface area contributed by atoms with Gasteiger partial charge < -0.3 is 15.6 Å². The van der Waals surface area contributed by atoms with Crippen molar-refractivity contribution >= 4 is 23.7 Å². The fourth-order valence-corrected chi connectivity index (χ4v) is 1.00. The van der Waals surface area contributed by atoms with E-state index < -0.39 is 12.0 Å². The van der Waals surface area contributed by atoms with Crippen LogP contribution in [0, 0.1) is 0 Å². The largest absolute Gasteiger partial charge is 0.478 e. The minimum Gasteiger partial charge on any atom is -0.478 e. The number of nitrogens with two attached hydrogens (primary N) is 1. The lowest BCUT2D eigenvalue weighted by atomic mass is 10.2. The highest BCUT2D eigenvalue weighted by Gasteiger charge is 2.11. The summed E-state index contributed by atoms with van der Waals surface area (Å²) in [5, 5.41) is 7.89. The highest BCUT2D eigenvalue weighted by molar-refractivity contribution is 7.98. The maximum absolute atomic E-state index is 10.7. The van der Waals surface area contributed by atoms with E-state index in [0.29, 0.717) is 6.42 Å². The molecule has 0 aliphatic heterocycles. The molecule has 6 heteroatoms. The van der Waals surface area contributed by atoms with Crippen LogP contribution in [-0.4, -0.2) is 42.2 Å². The van der Waals surface area contributed by atoms with E-state index in [1.165, 1.54) is 14.0 Å². The van der Waals surface area contributed by atoms with Crippen LogP contribution in [0.15, 0.2) is 12.2 Å². The van der Waals surface area contributed by atoms with Gasteiger partial charge in [0.15, 0.2) is 0 Å². The van der Waals surface area contributed by atoms with Crippen molar-refractivity contribution in [2.45, 2.75) is 19.4 Å². The molecule has 0 aliphatic rings. The molecule has 0 aromatic heterocycles. The molecule has 3 N–H and O–H groups in total. The SMILES string of the molecule is C=C(C)C(=O)O.COC(=O)C(N)CCSC. The van der Waals surface area contributed by atoms with Gasteiger partial charge in [0.25, 0.3) is 0 Å². The van der Waals surface area contributed by atoms with Crippen molar-refractivity contribution in [3.63, 3.8) is 0 Å². The predicted molar refractivity (Wildman–Crippen MR) is 65.4 cm³/mol. The zero-order chi connectivity index (χ0) is 13.1. The first-order valence-corrected chi connectivity index (χ1v) is 5.97. The summed E-state index contributed by atoms with van der Waals surface area (Å²) in [4.78, 5) is 20.3. The molecule has 0 saturated heterocycles. The minimum atomic E-state index is -0.935. The van der Waals surface area contributed by atoms with E-state index in [2.05, 4.69) is 11.3 Å².